The monoisotopic (exact) mass is 300 g/mol. The molecule has 118 valence electrons. The summed E-state index contributed by atoms with van der Waals surface area (Å²) in [6.07, 6.45) is -2.05. The molecule has 0 radical (unpaired) electrons. The van der Waals surface area contributed by atoms with Crippen molar-refractivity contribution in [1.29, 1.82) is 0 Å². The van der Waals surface area contributed by atoms with Gasteiger partial charge in [0.2, 0.25) is 0 Å². The van der Waals surface area contributed by atoms with Gasteiger partial charge in [-0.15, -0.1) is 0 Å². The normalized spacial score (nSPS) is 20.7. The summed E-state index contributed by atoms with van der Waals surface area (Å²) < 4.78 is 36.4. The minimum Gasteiger partial charge on any atom is -0.308 e. The molecule has 2 nitrogen and oxygen atoms in total. The number of hydrogen-bond donors (Lipinski definition) is 1. The highest BCUT2D eigenvalue weighted by Gasteiger charge is 2.27. The lowest BCUT2D eigenvalue weighted by Crippen LogP contribution is -2.41. The zero-order valence-electron chi connectivity index (χ0n) is 12.4. The van der Waals surface area contributed by atoms with Crippen LogP contribution in [0.15, 0.2) is 24.3 Å². The molecule has 0 saturated carbocycles. The largest absolute Gasteiger partial charge is 0.401 e. The fourth-order valence-electron chi connectivity index (χ4n) is 2.95. The fraction of sp³-hybridized carbons (Fsp3) is 0.625. The highest BCUT2D eigenvalue weighted by atomic mass is 19.4. The van der Waals surface area contributed by atoms with Crippen LogP contribution in [-0.4, -0.2) is 37.3 Å². The second-order valence-corrected chi connectivity index (χ2v) is 5.98. The lowest BCUT2D eigenvalue weighted by atomic mass is 9.97. The van der Waals surface area contributed by atoms with Gasteiger partial charge in [-0.1, -0.05) is 29.8 Å². The Balaban J connectivity index is 1.78. The van der Waals surface area contributed by atoms with E-state index in [0.717, 1.165) is 32.5 Å². The maximum Gasteiger partial charge on any atom is 0.401 e. The maximum atomic E-state index is 12.1. The molecule has 0 bridgehead atoms. The van der Waals surface area contributed by atoms with Crippen molar-refractivity contribution >= 4 is 0 Å². The van der Waals surface area contributed by atoms with E-state index in [0.29, 0.717) is 12.5 Å². The Morgan fingerprint density at radius 1 is 1.33 bits per heavy atom. The highest BCUT2D eigenvalue weighted by Crippen LogP contribution is 2.19. The van der Waals surface area contributed by atoms with Crippen molar-refractivity contribution in [2.24, 2.45) is 5.92 Å². The maximum absolute atomic E-state index is 12.1. The van der Waals surface area contributed by atoms with Gasteiger partial charge in [-0.25, -0.2) is 0 Å². The van der Waals surface area contributed by atoms with E-state index in [9.17, 15) is 13.2 Å². The summed E-state index contributed by atoms with van der Waals surface area (Å²) in [5, 5.41) is 2.54. The SMILES string of the molecule is Cc1cccc(CN2CCCC(CNCC(F)(F)F)C2)c1. The van der Waals surface area contributed by atoms with Gasteiger partial charge in [0.1, 0.15) is 0 Å². The number of nitrogens with one attached hydrogen (secondary N) is 1. The molecule has 1 N–H and O–H groups in total. The first-order valence-corrected chi connectivity index (χ1v) is 7.48. The van der Waals surface area contributed by atoms with Crippen LogP contribution >= 0.6 is 0 Å². The molecule has 1 aromatic carbocycles. The molecule has 1 aliphatic rings. The summed E-state index contributed by atoms with van der Waals surface area (Å²) in [6.45, 7) is 4.43. The highest BCUT2D eigenvalue weighted by molar-refractivity contribution is 5.22. The number of aryl methyl sites for hydroxylation is 1. The number of likely N-dealkylation sites (tertiary alicyclic amines) is 1. The molecular formula is C16H23F3N2. The number of benzene rings is 1. The third-order valence-electron chi connectivity index (χ3n) is 3.85. The van der Waals surface area contributed by atoms with E-state index in [2.05, 4.69) is 41.4 Å². The standard InChI is InChI=1S/C16H23F3N2/c1-13-4-2-5-14(8-13)10-21-7-3-6-15(11-21)9-20-12-16(17,18)19/h2,4-5,8,15,20H,3,6-7,9-12H2,1H3. The smallest absolute Gasteiger partial charge is 0.308 e. The quantitative estimate of drug-likeness (QED) is 0.897. The van der Waals surface area contributed by atoms with Gasteiger partial charge in [0.05, 0.1) is 6.54 Å². The van der Waals surface area contributed by atoms with Gasteiger partial charge in [-0.2, -0.15) is 13.2 Å². The first kappa shape index (κ1) is 16.3. The van der Waals surface area contributed by atoms with Crippen LogP contribution in [0.3, 0.4) is 0 Å². The molecule has 0 spiro atoms. The molecule has 1 heterocycles. The average Bonchev–Trinajstić information content (AvgIpc) is 2.37. The summed E-state index contributed by atoms with van der Waals surface area (Å²) in [5.41, 5.74) is 2.52. The van der Waals surface area contributed by atoms with E-state index in [1.54, 1.807) is 0 Å². The fourth-order valence-corrected chi connectivity index (χ4v) is 2.95. The Morgan fingerprint density at radius 3 is 2.86 bits per heavy atom. The zero-order chi connectivity index (χ0) is 15.3. The second-order valence-electron chi connectivity index (χ2n) is 5.98. The van der Waals surface area contributed by atoms with Gasteiger partial charge in [-0.05, 0) is 44.3 Å². The van der Waals surface area contributed by atoms with Gasteiger partial charge in [0.25, 0.3) is 0 Å². The molecule has 5 heteroatoms. The molecule has 1 aromatic rings. The molecule has 1 aliphatic heterocycles. The Hall–Kier alpha value is -1.07. The van der Waals surface area contributed by atoms with E-state index in [4.69, 9.17) is 0 Å². The van der Waals surface area contributed by atoms with Crippen LogP contribution in [0.25, 0.3) is 0 Å². The Morgan fingerprint density at radius 2 is 2.14 bits per heavy atom. The van der Waals surface area contributed by atoms with E-state index in [1.807, 2.05) is 0 Å². The van der Waals surface area contributed by atoms with E-state index >= 15 is 0 Å². The van der Waals surface area contributed by atoms with Gasteiger partial charge < -0.3 is 5.32 Å². The minimum atomic E-state index is -4.12. The van der Waals surface area contributed by atoms with Crippen LogP contribution in [0.4, 0.5) is 13.2 Å². The Bertz CT molecular complexity index is 445. The van der Waals surface area contributed by atoms with E-state index < -0.39 is 12.7 Å². The van der Waals surface area contributed by atoms with Crippen molar-refractivity contribution in [3.8, 4) is 0 Å². The van der Waals surface area contributed by atoms with Crippen molar-refractivity contribution in [2.45, 2.75) is 32.5 Å². The molecular weight excluding hydrogens is 277 g/mol. The summed E-state index contributed by atoms with van der Waals surface area (Å²) in [4.78, 5) is 2.35. The minimum absolute atomic E-state index is 0.311. The third-order valence-corrected chi connectivity index (χ3v) is 3.85. The van der Waals surface area contributed by atoms with Crippen LogP contribution in [0.2, 0.25) is 0 Å². The molecule has 2 rings (SSSR count). The number of hydrogen-bond acceptors (Lipinski definition) is 2. The summed E-state index contributed by atoms with van der Waals surface area (Å²) in [7, 11) is 0. The molecule has 1 saturated heterocycles. The predicted molar refractivity (Wildman–Crippen MR) is 78.1 cm³/mol. The molecule has 0 aliphatic carbocycles. The molecule has 0 aromatic heterocycles. The van der Waals surface area contributed by atoms with Crippen LogP contribution in [0, 0.1) is 12.8 Å². The lowest BCUT2D eigenvalue weighted by molar-refractivity contribution is -0.125. The number of rotatable bonds is 5. The van der Waals surface area contributed by atoms with Crippen LogP contribution in [0.1, 0.15) is 24.0 Å². The molecule has 1 fully saturated rings. The van der Waals surface area contributed by atoms with Crippen molar-refractivity contribution < 1.29 is 13.2 Å². The van der Waals surface area contributed by atoms with Crippen LogP contribution in [0.5, 0.6) is 0 Å². The van der Waals surface area contributed by atoms with Gasteiger partial charge in [-0.3, -0.25) is 4.90 Å². The number of piperidine rings is 1. The Labute approximate surface area is 124 Å². The number of nitrogens with zero attached hydrogens (tertiary/aromatic N) is 1. The molecule has 1 atom stereocenters. The van der Waals surface area contributed by atoms with Crippen molar-refractivity contribution in [3.63, 3.8) is 0 Å². The predicted octanol–water partition coefficient (Wildman–Crippen LogP) is 3.36. The van der Waals surface area contributed by atoms with Crippen LogP contribution in [-0.2, 0) is 6.54 Å². The van der Waals surface area contributed by atoms with E-state index in [1.165, 1.54) is 11.1 Å². The second kappa shape index (κ2) is 7.27. The summed E-state index contributed by atoms with van der Waals surface area (Å²) in [5.74, 6) is 0.311. The summed E-state index contributed by atoms with van der Waals surface area (Å²) >= 11 is 0. The third kappa shape index (κ3) is 6.06. The first-order chi connectivity index (χ1) is 9.92. The van der Waals surface area contributed by atoms with E-state index in [-0.39, 0.29) is 0 Å². The topological polar surface area (TPSA) is 15.3 Å². The van der Waals surface area contributed by atoms with Crippen molar-refractivity contribution in [3.05, 3.63) is 35.4 Å². The number of halogens is 3. The Kier molecular flexibility index (Phi) is 5.65. The van der Waals surface area contributed by atoms with Crippen molar-refractivity contribution in [2.75, 3.05) is 26.2 Å². The number of alkyl halides is 3. The molecule has 0 amide bonds. The first-order valence-electron chi connectivity index (χ1n) is 7.48. The summed E-state index contributed by atoms with van der Waals surface area (Å²) in [6, 6.07) is 8.41. The molecule has 1 unspecified atom stereocenters. The van der Waals surface area contributed by atoms with Gasteiger partial charge in [0.15, 0.2) is 0 Å². The zero-order valence-corrected chi connectivity index (χ0v) is 12.4. The van der Waals surface area contributed by atoms with Gasteiger partial charge >= 0.3 is 6.18 Å². The lowest BCUT2D eigenvalue weighted by Gasteiger charge is -2.33. The van der Waals surface area contributed by atoms with Crippen LogP contribution < -0.4 is 5.32 Å². The average molecular weight is 300 g/mol. The van der Waals surface area contributed by atoms with Crippen molar-refractivity contribution in [1.82, 2.24) is 10.2 Å². The molecule has 21 heavy (non-hydrogen) atoms. The van der Waals surface area contributed by atoms with Gasteiger partial charge in [0, 0.05) is 13.1 Å².